The number of rotatable bonds is 11. The van der Waals surface area contributed by atoms with Gasteiger partial charge in [-0.15, -0.1) is 0 Å². The molecule has 228 valence electrons. The summed E-state index contributed by atoms with van der Waals surface area (Å²) in [6.07, 6.45) is 1.19. The van der Waals surface area contributed by atoms with Crippen molar-refractivity contribution in [3.05, 3.63) is 106 Å². The number of nitrogens with zero attached hydrogens (tertiary/aromatic N) is 2. The van der Waals surface area contributed by atoms with E-state index in [-0.39, 0.29) is 17.6 Å². The number of carbonyl (C=O) groups is 2. The summed E-state index contributed by atoms with van der Waals surface area (Å²) in [7, 11) is 0. The second-order valence-electron chi connectivity index (χ2n) is 13.3. The number of fused-ring (bicyclic) bond motifs is 2. The van der Waals surface area contributed by atoms with Crippen molar-refractivity contribution >= 4 is 49.5 Å². The number of benzene rings is 3. The van der Waals surface area contributed by atoms with Crippen molar-refractivity contribution in [1.29, 1.82) is 0 Å². The van der Waals surface area contributed by atoms with E-state index in [1.807, 2.05) is 93.6 Å². The Labute approximate surface area is 267 Å². The zero-order valence-electron chi connectivity index (χ0n) is 26.0. The van der Waals surface area contributed by atoms with Crippen LogP contribution in [0.4, 0.5) is 0 Å². The number of carbonyl (C=O) groups excluding carboxylic acids is 1. The van der Waals surface area contributed by atoms with Crippen molar-refractivity contribution in [2.24, 2.45) is 10.8 Å². The van der Waals surface area contributed by atoms with Gasteiger partial charge >= 0.3 is 5.97 Å². The highest BCUT2D eigenvalue weighted by atomic mass is 79.9. The standard InChI is InChI=1S/C37H39BrN2O4/c1-36(2,3)22-33(41)34-29-20-28(44-19-18-27-15-12-25-8-6-7-9-30(25)39-27)16-17-31(29)40(23-24-10-13-26(38)14-11-24)32(34)21-37(4,5)35(42)43/h6-17,20H,18-19,21-23H2,1-5H3,(H,42,43). The van der Waals surface area contributed by atoms with Crippen molar-refractivity contribution in [2.45, 2.75) is 60.4 Å². The highest BCUT2D eigenvalue weighted by Crippen LogP contribution is 2.37. The molecule has 0 saturated heterocycles. The SMILES string of the molecule is CC(C)(C)CC(=O)c1c(CC(C)(C)C(=O)O)n(Cc2ccc(Br)cc2)c2ccc(OCCc3ccc4ccccc4n3)cc12. The lowest BCUT2D eigenvalue weighted by molar-refractivity contribution is -0.146. The lowest BCUT2D eigenvalue weighted by Gasteiger charge is -2.23. The monoisotopic (exact) mass is 654 g/mol. The van der Waals surface area contributed by atoms with Gasteiger partial charge in [0, 0.05) is 63.5 Å². The molecule has 5 rings (SSSR count). The van der Waals surface area contributed by atoms with E-state index in [9.17, 15) is 14.7 Å². The first-order valence-corrected chi connectivity index (χ1v) is 15.7. The van der Waals surface area contributed by atoms with E-state index in [1.54, 1.807) is 13.8 Å². The number of ether oxygens (including phenoxy) is 1. The van der Waals surface area contributed by atoms with E-state index in [0.717, 1.165) is 43.2 Å². The highest BCUT2D eigenvalue weighted by molar-refractivity contribution is 9.10. The van der Waals surface area contributed by atoms with Crippen LogP contribution < -0.4 is 4.74 Å². The van der Waals surface area contributed by atoms with Gasteiger partial charge in [-0.2, -0.15) is 0 Å². The molecule has 0 unspecified atom stereocenters. The quantitative estimate of drug-likeness (QED) is 0.144. The number of Topliss-reactive ketones (excluding diaryl/α,β-unsaturated/α-hetero) is 1. The van der Waals surface area contributed by atoms with Gasteiger partial charge in [-0.1, -0.05) is 73.1 Å². The number of hydrogen-bond donors (Lipinski definition) is 1. The van der Waals surface area contributed by atoms with Crippen LogP contribution >= 0.6 is 15.9 Å². The van der Waals surface area contributed by atoms with Gasteiger partial charge < -0.3 is 14.4 Å². The molecule has 1 N–H and O–H groups in total. The minimum Gasteiger partial charge on any atom is -0.493 e. The van der Waals surface area contributed by atoms with Gasteiger partial charge in [0.25, 0.3) is 0 Å². The molecule has 0 atom stereocenters. The molecular formula is C37H39BrN2O4. The molecule has 6 nitrogen and oxygen atoms in total. The van der Waals surface area contributed by atoms with Crippen molar-refractivity contribution in [3.63, 3.8) is 0 Å². The number of para-hydroxylation sites is 1. The Hall–Kier alpha value is -3.97. The van der Waals surface area contributed by atoms with E-state index < -0.39 is 11.4 Å². The smallest absolute Gasteiger partial charge is 0.309 e. The summed E-state index contributed by atoms with van der Waals surface area (Å²) in [5.41, 5.74) is 3.85. The topological polar surface area (TPSA) is 81.4 Å². The Morgan fingerprint density at radius 2 is 1.66 bits per heavy atom. The van der Waals surface area contributed by atoms with E-state index in [4.69, 9.17) is 9.72 Å². The summed E-state index contributed by atoms with van der Waals surface area (Å²) in [5, 5.41) is 12.0. The molecule has 0 aliphatic rings. The van der Waals surface area contributed by atoms with Crippen molar-refractivity contribution in [3.8, 4) is 5.75 Å². The summed E-state index contributed by atoms with van der Waals surface area (Å²) >= 11 is 3.51. The number of ketones is 1. The number of halogens is 1. The number of hydrogen-bond acceptors (Lipinski definition) is 4. The van der Waals surface area contributed by atoms with Crippen molar-refractivity contribution in [2.75, 3.05) is 6.61 Å². The summed E-state index contributed by atoms with van der Waals surface area (Å²) in [5.74, 6) is -0.239. The molecule has 0 amide bonds. The van der Waals surface area contributed by atoms with Crippen LogP contribution in [0.5, 0.6) is 5.75 Å². The predicted octanol–water partition coefficient (Wildman–Crippen LogP) is 8.89. The van der Waals surface area contributed by atoms with E-state index in [2.05, 4.69) is 26.6 Å². The van der Waals surface area contributed by atoms with Gasteiger partial charge in [0.05, 0.1) is 17.5 Å². The Kier molecular flexibility index (Phi) is 8.98. The summed E-state index contributed by atoms with van der Waals surface area (Å²) in [6.45, 7) is 10.5. The Bertz CT molecular complexity index is 1830. The van der Waals surface area contributed by atoms with Crippen LogP contribution in [0.1, 0.15) is 68.3 Å². The first-order valence-electron chi connectivity index (χ1n) is 14.9. The van der Waals surface area contributed by atoms with Crippen LogP contribution in [-0.2, 0) is 24.2 Å². The van der Waals surface area contributed by atoms with Crippen molar-refractivity contribution < 1.29 is 19.4 Å². The van der Waals surface area contributed by atoms with E-state index >= 15 is 0 Å². The number of carboxylic acids is 1. The second-order valence-corrected chi connectivity index (χ2v) is 14.2. The third kappa shape index (κ3) is 7.21. The lowest BCUT2D eigenvalue weighted by atomic mass is 9.83. The Balaban J connectivity index is 1.55. The molecule has 3 aromatic carbocycles. The summed E-state index contributed by atoms with van der Waals surface area (Å²) < 4.78 is 9.32. The molecule has 0 radical (unpaired) electrons. The third-order valence-corrected chi connectivity index (χ3v) is 8.37. The molecule has 2 aromatic heterocycles. The lowest BCUT2D eigenvalue weighted by Crippen LogP contribution is -2.28. The molecule has 5 aromatic rings. The Morgan fingerprint density at radius 1 is 0.932 bits per heavy atom. The average molecular weight is 656 g/mol. The maximum Gasteiger partial charge on any atom is 0.309 e. The number of aliphatic carboxylic acids is 1. The molecule has 0 fully saturated rings. The predicted molar refractivity (Wildman–Crippen MR) is 180 cm³/mol. The molecule has 0 bridgehead atoms. The van der Waals surface area contributed by atoms with Crippen LogP contribution in [0.3, 0.4) is 0 Å². The van der Waals surface area contributed by atoms with Gasteiger partial charge in [0.2, 0.25) is 0 Å². The van der Waals surface area contributed by atoms with Crippen LogP contribution in [0.15, 0.2) is 83.3 Å². The second kappa shape index (κ2) is 12.6. The van der Waals surface area contributed by atoms with Gasteiger partial charge in [-0.05, 0) is 67.3 Å². The van der Waals surface area contributed by atoms with Crippen LogP contribution in [0.25, 0.3) is 21.8 Å². The maximum atomic E-state index is 14.1. The number of carboxylic acid groups (broad SMARTS) is 1. The number of pyridine rings is 1. The van der Waals surface area contributed by atoms with Crippen molar-refractivity contribution in [1.82, 2.24) is 9.55 Å². The molecule has 0 spiro atoms. The molecule has 44 heavy (non-hydrogen) atoms. The molecule has 0 aliphatic carbocycles. The zero-order valence-corrected chi connectivity index (χ0v) is 27.6. The first kappa shape index (κ1) is 31.5. The van der Waals surface area contributed by atoms with Gasteiger partial charge in [0.15, 0.2) is 5.78 Å². The fraction of sp³-hybridized carbons (Fsp3) is 0.324. The van der Waals surface area contributed by atoms with Crippen LogP contribution in [-0.4, -0.2) is 33.0 Å². The van der Waals surface area contributed by atoms with E-state index in [0.29, 0.717) is 37.3 Å². The first-order chi connectivity index (χ1) is 20.8. The largest absolute Gasteiger partial charge is 0.493 e. The number of aromatic nitrogens is 2. The molecule has 7 heteroatoms. The van der Waals surface area contributed by atoms with E-state index in [1.165, 1.54) is 0 Å². The van der Waals surface area contributed by atoms with Crippen LogP contribution in [0.2, 0.25) is 0 Å². The minimum absolute atomic E-state index is 0.00533. The fourth-order valence-electron chi connectivity index (χ4n) is 5.51. The van der Waals surface area contributed by atoms with Gasteiger partial charge in [-0.25, -0.2) is 0 Å². The molecule has 0 aliphatic heterocycles. The van der Waals surface area contributed by atoms with Crippen LogP contribution in [0, 0.1) is 10.8 Å². The fourth-order valence-corrected chi connectivity index (χ4v) is 5.77. The average Bonchev–Trinajstić information content (AvgIpc) is 3.24. The summed E-state index contributed by atoms with van der Waals surface area (Å²) in [6, 6.07) is 26.1. The Morgan fingerprint density at radius 3 is 2.36 bits per heavy atom. The minimum atomic E-state index is -1.07. The molecular weight excluding hydrogens is 616 g/mol. The van der Waals surface area contributed by atoms with Gasteiger partial charge in [-0.3, -0.25) is 14.6 Å². The highest BCUT2D eigenvalue weighted by Gasteiger charge is 2.34. The normalized spacial score (nSPS) is 12.1. The zero-order chi connectivity index (χ0) is 31.6. The molecule has 2 heterocycles. The molecule has 0 saturated carbocycles. The maximum absolute atomic E-state index is 14.1. The van der Waals surface area contributed by atoms with Gasteiger partial charge in [0.1, 0.15) is 5.75 Å². The summed E-state index contributed by atoms with van der Waals surface area (Å²) in [4.78, 5) is 31.1. The third-order valence-electron chi connectivity index (χ3n) is 7.84.